The van der Waals surface area contributed by atoms with Crippen molar-refractivity contribution in [1.82, 2.24) is 15.0 Å². The number of thiazole rings is 1. The third-order valence-electron chi connectivity index (χ3n) is 2.76. The third-order valence-corrected chi connectivity index (χ3v) is 4.17. The second-order valence-electron chi connectivity index (χ2n) is 4.06. The quantitative estimate of drug-likeness (QED) is 0.831. The Bertz CT molecular complexity index is 550. The maximum absolute atomic E-state index is 5.99. The molecular weight excluding hydrogens is 282 g/mol. The minimum atomic E-state index is 0.418. The summed E-state index contributed by atoms with van der Waals surface area (Å²) in [7, 11) is 1.79. The molecule has 7 heteroatoms. The standard InChI is InChI=1S/C12H16ClN5S/c1-7-8(2)19-9(18-7)4-5-15-12-10(14-3)11(13)16-6-17-12/h6,14H,4-5H2,1-3H3,(H,15,16,17). The van der Waals surface area contributed by atoms with Crippen LogP contribution in [0.1, 0.15) is 15.6 Å². The molecule has 2 N–H and O–H groups in total. The van der Waals surface area contributed by atoms with Crippen LogP contribution in [0.3, 0.4) is 0 Å². The molecule has 0 saturated heterocycles. The van der Waals surface area contributed by atoms with E-state index in [0.29, 0.717) is 11.0 Å². The van der Waals surface area contributed by atoms with Crippen molar-refractivity contribution in [3.63, 3.8) is 0 Å². The highest BCUT2D eigenvalue weighted by atomic mass is 35.5. The van der Waals surface area contributed by atoms with Crippen LogP contribution in [0, 0.1) is 13.8 Å². The van der Waals surface area contributed by atoms with E-state index in [1.54, 1.807) is 18.4 Å². The lowest BCUT2D eigenvalue weighted by Gasteiger charge is -2.10. The van der Waals surface area contributed by atoms with Crippen LogP contribution < -0.4 is 10.6 Å². The average Bonchev–Trinajstić information content (AvgIpc) is 2.69. The zero-order valence-electron chi connectivity index (χ0n) is 11.1. The van der Waals surface area contributed by atoms with E-state index in [4.69, 9.17) is 11.6 Å². The fourth-order valence-electron chi connectivity index (χ4n) is 1.65. The van der Waals surface area contributed by atoms with Gasteiger partial charge in [0.1, 0.15) is 12.0 Å². The molecule has 0 aromatic carbocycles. The molecule has 19 heavy (non-hydrogen) atoms. The van der Waals surface area contributed by atoms with Crippen LogP contribution in [0.5, 0.6) is 0 Å². The van der Waals surface area contributed by atoms with Crippen molar-refractivity contribution in [1.29, 1.82) is 0 Å². The maximum atomic E-state index is 5.99. The summed E-state index contributed by atoms with van der Waals surface area (Å²) in [6.07, 6.45) is 2.31. The number of aryl methyl sites for hydroxylation is 2. The molecule has 0 spiro atoms. The van der Waals surface area contributed by atoms with Gasteiger partial charge in [-0.2, -0.15) is 0 Å². The Morgan fingerprint density at radius 1 is 1.32 bits per heavy atom. The molecule has 0 unspecified atom stereocenters. The molecule has 0 bridgehead atoms. The van der Waals surface area contributed by atoms with E-state index in [0.717, 1.165) is 29.4 Å². The van der Waals surface area contributed by atoms with Crippen molar-refractivity contribution in [2.24, 2.45) is 0 Å². The molecule has 0 radical (unpaired) electrons. The zero-order valence-corrected chi connectivity index (χ0v) is 12.7. The van der Waals surface area contributed by atoms with Crippen LogP contribution in [0.2, 0.25) is 5.15 Å². The predicted molar refractivity (Wildman–Crippen MR) is 80.4 cm³/mol. The maximum Gasteiger partial charge on any atom is 0.157 e. The molecule has 0 aliphatic heterocycles. The minimum absolute atomic E-state index is 0.418. The smallest absolute Gasteiger partial charge is 0.157 e. The molecular formula is C12H16ClN5S. The van der Waals surface area contributed by atoms with Crippen molar-refractivity contribution < 1.29 is 0 Å². The summed E-state index contributed by atoms with van der Waals surface area (Å²) in [4.78, 5) is 13.9. The summed E-state index contributed by atoms with van der Waals surface area (Å²) in [6, 6.07) is 0. The summed E-state index contributed by atoms with van der Waals surface area (Å²) in [5.74, 6) is 0.715. The van der Waals surface area contributed by atoms with Crippen molar-refractivity contribution >= 4 is 34.4 Å². The Hall–Kier alpha value is -1.40. The van der Waals surface area contributed by atoms with Gasteiger partial charge < -0.3 is 10.6 Å². The lowest BCUT2D eigenvalue weighted by atomic mass is 10.4. The molecule has 5 nitrogen and oxygen atoms in total. The number of nitrogens with zero attached hydrogens (tertiary/aromatic N) is 3. The first-order valence-electron chi connectivity index (χ1n) is 5.97. The topological polar surface area (TPSA) is 62.7 Å². The molecule has 0 aliphatic carbocycles. The summed E-state index contributed by atoms with van der Waals surface area (Å²) < 4.78 is 0. The van der Waals surface area contributed by atoms with Crippen molar-refractivity contribution in [3.8, 4) is 0 Å². The monoisotopic (exact) mass is 297 g/mol. The van der Waals surface area contributed by atoms with E-state index in [1.807, 2.05) is 6.92 Å². The van der Waals surface area contributed by atoms with Gasteiger partial charge in [-0.25, -0.2) is 15.0 Å². The summed E-state index contributed by atoms with van der Waals surface area (Å²) in [5, 5.41) is 7.79. The van der Waals surface area contributed by atoms with E-state index in [2.05, 4.69) is 32.5 Å². The third kappa shape index (κ3) is 3.33. The normalized spacial score (nSPS) is 10.5. The number of anilines is 2. The molecule has 2 rings (SSSR count). The molecule has 0 aliphatic rings. The second kappa shape index (κ2) is 6.16. The van der Waals surface area contributed by atoms with Gasteiger partial charge in [0.15, 0.2) is 11.0 Å². The van der Waals surface area contributed by atoms with Gasteiger partial charge in [-0.15, -0.1) is 11.3 Å². The van der Waals surface area contributed by atoms with Crippen LogP contribution in [0.4, 0.5) is 11.5 Å². The lowest BCUT2D eigenvalue weighted by Crippen LogP contribution is -2.09. The van der Waals surface area contributed by atoms with Crippen molar-refractivity contribution in [2.75, 3.05) is 24.2 Å². The fourth-order valence-corrected chi connectivity index (χ4v) is 2.81. The highest BCUT2D eigenvalue weighted by Crippen LogP contribution is 2.25. The van der Waals surface area contributed by atoms with Gasteiger partial charge in [-0.3, -0.25) is 0 Å². The summed E-state index contributed by atoms with van der Waals surface area (Å²) in [5.41, 5.74) is 1.83. The minimum Gasteiger partial charge on any atom is -0.383 e. The summed E-state index contributed by atoms with van der Waals surface area (Å²) >= 11 is 7.72. The Morgan fingerprint density at radius 3 is 2.74 bits per heavy atom. The number of halogens is 1. The molecule has 0 fully saturated rings. The molecule has 2 aromatic rings. The molecule has 2 aromatic heterocycles. The Kier molecular flexibility index (Phi) is 4.55. The molecule has 0 amide bonds. The summed E-state index contributed by atoms with van der Waals surface area (Å²) in [6.45, 7) is 4.88. The van der Waals surface area contributed by atoms with E-state index >= 15 is 0 Å². The molecule has 0 saturated carbocycles. The zero-order chi connectivity index (χ0) is 13.8. The van der Waals surface area contributed by atoms with E-state index in [-0.39, 0.29) is 0 Å². The van der Waals surface area contributed by atoms with E-state index in [1.165, 1.54) is 11.2 Å². The first kappa shape index (κ1) is 14.0. The van der Waals surface area contributed by atoms with Gasteiger partial charge >= 0.3 is 0 Å². The van der Waals surface area contributed by atoms with Crippen molar-refractivity contribution in [2.45, 2.75) is 20.3 Å². The van der Waals surface area contributed by atoms with Gasteiger partial charge in [0.05, 0.1) is 10.7 Å². The van der Waals surface area contributed by atoms with Crippen LogP contribution >= 0.6 is 22.9 Å². The molecule has 2 heterocycles. The Morgan fingerprint density at radius 2 is 2.11 bits per heavy atom. The van der Waals surface area contributed by atoms with Crippen molar-refractivity contribution in [3.05, 3.63) is 27.1 Å². The van der Waals surface area contributed by atoms with E-state index < -0.39 is 0 Å². The first-order valence-corrected chi connectivity index (χ1v) is 7.16. The highest BCUT2D eigenvalue weighted by molar-refractivity contribution is 7.11. The highest BCUT2D eigenvalue weighted by Gasteiger charge is 2.08. The number of hydrogen-bond acceptors (Lipinski definition) is 6. The molecule has 0 atom stereocenters. The van der Waals surface area contributed by atoms with Crippen LogP contribution in [0.15, 0.2) is 6.33 Å². The van der Waals surface area contributed by atoms with Gasteiger partial charge in [-0.1, -0.05) is 11.6 Å². The van der Waals surface area contributed by atoms with Crippen LogP contribution in [-0.4, -0.2) is 28.5 Å². The number of rotatable bonds is 5. The number of hydrogen-bond donors (Lipinski definition) is 2. The lowest BCUT2D eigenvalue weighted by molar-refractivity contribution is 0.972. The van der Waals surface area contributed by atoms with Crippen LogP contribution in [0.25, 0.3) is 0 Å². The molecule has 102 valence electrons. The number of aromatic nitrogens is 3. The average molecular weight is 298 g/mol. The van der Waals surface area contributed by atoms with Gasteiger partial charge in [0.2, 0.25) is 0 Å². The first-order chi connectivity index (χ1) is 9.11. The largest absolute Gasteiger partial charge is 0.383 e. The van der Waals surface area contributed by atoms with Gasteiger partial charge in [0, 0.05) is 24.9 Å². The van der Waals surface area contributed by atoms with E-state index in [9.17, 15) is 0 Å². The second-order valence-corrected chi connectivity index (χ2v) is 5.71. The van der Waals surface area contributed by atoms with Gasteiger partial charge in [0.25, 0.3) is 0 Å². The van der Waals surface area contributed by atoms with Gasteiger partial charge in [-0.05, 0) is 13.8 Å². The number of nitrogens with one attached hydrogen (secondary N) is 2. The SMILES string of the molecule is CNc1c(Cl)ncnc1NCCc1nc(C)c(C)s1. The van der Waals surface area contributed by atoms with Crippen LogP contribution in [-0.2, 0) is 6.42 Å². The Labute approximate surface area is 121 Å². The Balaban J connectivity index is 1.98. The predicted octanol–water partition coefficient (Wildman–Crippen LogP) is 2.90. The fraction of sp³-hybridized carbons (Fsp3) is 0.417.